The van der Waals surface area contributed by atoms with Gasteiger partial charge in [-0.2, -0.15) is 0 Å². The van der Waals surface area contributed by atoms with Crippen LogP contribution in [0.3, 0.4) is 0 Å². The predicted octanol–water partition coefficient (Wildman–Crippen LogP) is 4.39. The van der Waals surface area contributed by atoms with Gasteiger partial charge >= 0.3 is 12.1 Å². The van der Waals surface area contributed by atoms with Crippen molar-refractivity contribution < 1.29 is 23.9 Å². The van der Waals surface area contributed by atoms with E-state index in [1.165, 1.54) is 6.92 Å². The van der Waals surface area contributed by atoms with E-state index in [4.69, 9.17) is 15.0 Å². The molecule has 29 heavy (non-hydrogen) atoms. The number of carbonyl (C=O) groups is 3. The van der Waals surface area contributed by atoms with E-state index in [0.717, 1.165) is 12.8 Å². The van der Waals surface area contributed by atoms with Crippen LogP contribution in [0.25, 0.3) is 10.4 Å². The van der Waals surface area contributed by atoms with Gasteiger partial charge in [0.05, 0.1) is 6.04 Å². The zero-order valence-electron chi connectivity index (χ0n) is 18.2. The zero-order chi connectivity index (χ0) is 22.0. The van der Waals surface area contributed by atoms with Crippen LogP contribution in [-0.4, -0.2) is 53.6 Å². The minimum Gasteiger partial charge on any atom is -0.458 e. The van der Waals surface area contributed by atoms with Gasteiger partial charge in [-0.3, -0.25) is 9.59 Å². The number of carbonyl (C=O) groups excluding carboxylic acids is 3. The van der Waals surface area contributed by atoms with Crippen molar-refractivity contribution in [2.45, 2.75) is 90.9 Å². The van der Waals surface area contributed by atoms with E-state index in [0.29, 0.717) is 32.4 Å². The molecule has 0 aromatic carbocycles. The molecule has 0 aliphatic carbocycles. The smallest absolute Gasteiger partial charge is 0.410 e. The Kier molecular flexibility index (Phi) is 9.95. The van der Waals surface area contributed by atoms with Gasteiger partial charge < -0.3 is 14.4 Å². The number of ether oxygens (including phenoxy) is 2. The van der Waals surface area contributed by atoms with Crippen LogP contribution < -0.4 is 0 Å². The summed E-state index contributed by atoms with van der Waals surface area (Å²) >= 11 is 0. The Labute approximate surface area is 172 Å². The van der Waals surface area contributed by atoms with E-state index in [-0.39, 0.29) is 18.1 Å². The van der Waals surface area contributed by atoms with Crippen LogP contribution in [0.2, 0.25) is 0 Å². The van der Waals surface area contributed by atoms with Crippen molar-refractivity contribution >= 4 is 17.8 Å². The van der Waals surface area contributed by atoms with Crippen LogP contribution in [0.4, 0.5) is 4.79 Å². The lowest BCUT2D eigenvalue weighted by Crippen LogP contribution is -2.53. The molecule has 0 radical (unpaired) electrons. The third kappa shape index (κ3) is 6.63. The Morgan fingerprint density at radius 1 is 1.38 bits per heavy atom. The largest absolute Gasteiger partial charge is 0.458 e. The maximum absolute atomic E-state index is 12.8. The topological polar surface area (TPSA) is 122 Å². The van der Waals surface area contributed by atoms with Crippen molar-refractivity contribution in [1.82, 2.24) is 4.90 Å². The molecule has 1 aliphatic heterocycles. The Balaban J connectivity index is 3.08. The highest BCUT2D eigenvalue weighted by Gasteiger charge is 2.56. The van der Waals surface area contributed by atoms with Gasteiger partial charge in [-0.15, -0.1) is 0 Å². The summed E-state index contributed by atoms with van der Waals surface area (Å²) in [4.78, 5) is 41.4. The van der Waals surface area contributed by atoms with Crippen molar-refractivity contribution in [2.24, 2.45) is 11.0 Å². The summed E-state index contributed by atoms with van der Waals surface area (Å²) in [5, 5.41) is 3.50. The summed E-state index contributed by atoms with van der Waals surface area (Å²) in [6.45, 7) is 9.57. The second-order valence-electron chi connectivity index (χ2n) is 7.79. The van der Waals surface area contributed by atoms with Gasteiger partial charge in [-0.05, 0) is 38.1 Å². The summed E-state index contributed by atoms with van der Waals surface area (Å²) in [7, 11) is 0. The number of hydrogen-bond acceptors (Lipinski definition) is 6. The summed E-state index contributed by atoms with van der Waals surface area (Å²) in [5.41, 5.74) is 7.27. The highest BCUT2D eigenvalue weighted by molar-refractivity contribution is 5.83. The Hall–Kier alpha value is -2.28. The summed E-state index contributed by atoms with van der Waals surface area (Å²) in [6, 6.07) is -0.523. The first-order valence-electron chi connectivity index (χ1n) is 10.4. The molecular formula is C20H34N4O5. The molecule has 0 aromatic heterocycles. The van der Waals surface area contributed by atoms with Gasteiger partial charge in [0.25, 0.3) is 0 Å². The number of hydrogen-bond donors (Lipinski definition) is 0. The predicted molar refractivity (Wildman–Crippen MR) is 108 cm³/mol. The Morgan fingerprint density at radius 2 is 2.07 bits per heavy atom. The molecule has 4 atom stereocenters. The molecule has 0 N–H and O–H groups in total. The van der Waals surface area contributed by atoms with Gasteiger partial charge in [-0.25, -0.2) is 4.79 Å². The fraction of sp³-hybridized carbons (Fsp3) is 0.850. The van der Waals surface area contributed by atoms with E-state index in [1.54, 1.807) is 11.8 Å². The molecule has 1 saturated heterocycles. The standard InChI is InChI=1S/C20H34N4O5/c1-6-10-14(3)16(26)13-17-20(5,18(7-2)28-15(4)25)29-19(27)24(17)12-9-8-11-22-23-21/h14,17-18H,6-13H2,1-5H3/t14-,17-,18-,20+/m1/s1. The normalized spacial score (nSPS) is 23.1. The third-order valence-electron chi connectivity index (χ3n) is 5.53. The van der Waals surface area contributed by atoms with Crippen LogP contribution in [0, 0.1) is 5.92 Å². The number of Topliss-reactive ketones (excluding diaryl/α,β-unsaturated/α-hetero) is 1. The quantitative estimate of drug-likeness (QED) is 0.146. The maximum atomic E-state index is 12.8. The molecule has 0 spiro atoms. The highest BCUT2D eigenvalue weighted by atomic mass is 16.6. The van der Waals surface area contributed by atoms with Crippen molar-refractivity contribution in [3.8, 4) is 0 Å². The first-order valence-corrected chi connectivity index (χ1v) is 10.4. The van der Waals surface area contributed by atoms with Gasteiger partial charge in [0.15, 0.2) is 5.60 Å². The molecule has 1 rings (SSSR count). The van der Waals surface area contributed by atoms with Crippen molar-refractivity contribution in [3.63, 3.8) is 0 Å². The fourth-order valence-corrected chi connectivity index (χ4v) is 3.89. The van der Waals surface area contributed by atoms with Crippen LogP contribution >= 0.6 is 0 Å². The summed E-state index contributed by atoms with van der Waals surface area (Å²) in [5.74, 6) is -0.495. The first-order chi connectivity index (χ1) is 13.7. The molecule has 0 saturated carbocycles. The second-order valence-corrected chi connectivity index (χ2v) is 7.79. The lowest BCUT2D eigenvalue weighted by molar-refractivity contribution is -0.161. The number of amides is 1. The van der Waals surface area contributed by atoms with E-state index in [9.17, 15) is 14.4 Å². The molecule has 9 nitrogen and oxygen atoms in total. The van der Waals surface area contributed by atoms with E-state index in [2.05, 4.69) is 10.0 Å². The number of unbranched alkanes of at least 4 members (excludes halogenated alkanes) is 1. The maximum Gasteiger partial charge on any atom is 0.410 e. The zero-order valence-corrected chi connectivity index (χ0v) is 18.2. The average molecular weight is 411 g/mol. The molecule has 1 aliphatic rings. The molecule has 0 aromatic rings. The van der Waals surface area contributed by atoms with Crippen LogP contribution in [0.5, 0.6) is 0 Å². The number of ketones is 1. The molecule has 1 fully saturated rings. The van der Waals surface area contributed by atoms with Crippen molar-refractivity contribution in [3.05, 3.63) is 10.4 Å². The number of esters is 1. The highest BCUT2D eigenvalue weighted by Crippen LogP contribution is 2.38. The van der Waals surface area contributed by atoms with Crippen LogP contribution in [-0.2, 0) is 19.1 Å². The summed E-state index contributed by atoms with van der Waals surface area (Å²) in [6.07, 6.45) is 2.38. The number of nitrogens with zero attached hydrogens (tertiary/aromatic N) is 4. The minimum atomic E-state index is -1.11. The lowest BCUT2D eigenvalue weighted by Gasteiger charge is -2.37. The summed E-state index contributed by atoms with van der Waals surface area (Å²) < 4.78 is 11.2. The minimum absolute atomic E-state index is 0.0677. The molecule has 0 bridgehead atoms. The number of azide groups is 1. The molecular weight excluding hydrogens is 376 g/mol. The first kappa shape index (κ1) is 24.8. The van der Waals surface area contributed by atoms with Gasteiger partial charge in [-0.1, -0.05) is 32.3 Å². The average Bonchev–Trinajstić information content (AvgIpc) is 2.90. The van der Waals surface area contributed by atoms with Gasteiger partial charge in [0.1, 0.15) is 11.9 Å². The van der Waals surface area contributed by atoms with Crippen molar-refractivity contribution in [1.29, 1.82) is 0 Å². The SMILES string of the molecule is CCC[C@@H](C)C(=O)C[C@H]1N(CCCCN=[N+]=[N-])C(=O)O[C@]1(C)[C@@H](CC)OC(C)=O. The van der Waals surface area contributed by atoms with Crippen LogP contribution in [0.1, 0.15) is 73.1 Å². The van der Waals surface area contributed by atoms with E-state index >= 15 is 0 Å². The Morgan fingerprint density at radius 3 is 2.62 bits per heavy atom. The molecule has 0 unspecified atom stereocenters. The lowest BCUT2D eigenvalue weighted by atomic mass is 9.83. The fourth-order valence-electron chi connectivity index (χ4n) is 3.89. The van der Waals surface area contributed by atoms with E-state index < -0.39 is 29.8 Å². The molecule has 1 heterocycles. The molecule has 9 heteroatoms. The number of cyclic esters (lactones) is 1. The number of rotatable bonds is 13. The van der Waals surface area contributed by atoms with Gasteiger partial charge in [0, 0.05) is 37.3 Å². The van der Waals surface area contributed by atoms with E-state index in [1.807, 2.05) is 20.8 Å². The van der Waals surface area contributed by atoms with Crippen molar-refractivity contribution in [2.75, 3.05) is 13.1 Å². The van der Waals surface area contributed by atoms with Gasteiger partial charge in [0.2, 0.25) is 0 Å². The van der Waals surface area contributed by atoms with Crippen LogP contribution in [0.15, 0.2) is 5.11 Å². The second kappa shape index (κ2) is 11.7. The molecule has 164 valence electrons. The third-order valence-corrected chi connectivity index (χ3v) is 5.53. The Bertz CT molecular complexity index is 634. The monoisotopic (exact) mass is 410 g/mol. The molecule has 1 amide bonds.